The Morgan fingerprint density at radius 2 is 1.55 bits per heavy atom. The molecule has 1 aliphatic heterocycles. The van der Waals surface area contributed by atoms with Gasteiger partial charge in [-0.3, -0.25) is 4.90 Å². The standard InChI is InChI=1S/C18H34N2/c1-14(2)17-13-20(16-10-6-7-11-16)18(12-19-17)15-8-4-3-5-9-15/h14-19H,3-13H2,1-2H3. The van der Waals surface area contributed by atoms with Gasteiger partial charge in [-0.05, 0) is 37.5 Å². The van der Waals surface area contributed by atoms with Crippen molar-refractivity contribution >= 4 is 0 Å². The van der Waals surface area contributed by atoms with Crippen molar-refractivity contribution in [2.75, 3.05) is 13.1 Å². The van der Waals surface area contributed by atoms with Crippen molar-refractivity contribution in [2.24, 2.45) is 11.8 Å². The second kappa shape index (κ2) is 6.79. The summed E-state index contributed by atoms with van der Waals surface area (Å²) < 4.78 is 0. The third kappa shape index (κ3) is 3.22. The quantitative estimate of drug-likeness (QED) is 0.844. The van der Waals surface area contributed by atoms with Crippen LogP contribution in [-0.4, -0.2) is 36.1 Å². The molecule has 1 N–H and O–H groups in total. The highest BCUT2D eigenvalue weighted by atomic mass is 15.3. The first kappa shape index (κ1) is 14.8. The molecule has 2 heteroatoms. The van der Waals surface area contributed by atoms with Crippen LogP contribution >= 0.6 is 0 Å². The van der Waals surface area contributed by atoms with Crippen LogP contribution in [0, 0.1) is 11.8 Å². The molecule has 0 aromatic carbocycles. The van der Waals surface area contributed by atoms with Crippen LogP contribution in [0.25, 0.3) is 0 Å². The lowest BCUT2D eigenvalue weighted by atomic mass is 9.81. The zero-order chi connectivity index (χ0) is 13.9. The van der Waals surface area contributed by atoms with E-state index in [4.69, 9.17) is 0 Å². The minimum atomic E-state index is 0.718. The van der Waals surface area contributed by atoms with Crippen molar-refractivity contribution in [3.63, 3.8) is 0 Å². The summed E-state index contributed by atoms with van der Waals surface area (Å²) in [7, 11) is 0. The number of nitrogens with one attached hydrogen (secondary N) is 1. The lowest BCUT2D eigenvalue weighted by molar-refractivity contribution is 0.0287. The second-order valence-corrected chi connectivity index (χ2v) is 7.86. The molecule has 3 fully saturated rings. The maximum atomic E-state index is 3.88. The molecule has 0 aromatic rings. The molecule has 0 amide bonds. The zero-order valence-corrected chi connectivity index (χ0v) is 13.6. The molecule has 20 heavy (non-hydrogen) atoms. The fraction of sp³-hybridized carbons (Fsp3) is 1.00. The molecule has 0 radical (unpaired) electrons. The summed E-state index contributed by atoms with van der Waals surface area (Å²) in [4.78, 5) is 2.96. The first-order valence-corrected chi connectivity index (χ1v) is 9.25. The van der Waals surface area contributed by atoms with Crippen molar-refractivity contribution in [3.05, 3.63) is 0 Å². The Morgan fingerprint density at radius 1 is 0.900 bits per heavy atom. The highest BCUT2D eigenvalue weighted by Gasteiger charge is 2.38. The lowest BCUT2D eigenvalue weighted by Gasteiger charge is -2.48. The van der Waals surface area contributed by atoms with E-state index in [2.05, 4.69) is 24.1 Å². The molecule has 2 saturated carbocycles. The topological polar surface area (TPSA) is 15.3 Å². The van der Waals surface area contributed by atoms with Gasteiger partial charge in [0, 0.05) is 31.2 Å². The van der Waals surface area contributed by atoms with E-state index in [0.29, 0.717) is 0 Å². The highest BCUT2D eigenvalue weighted by Crippen LogP contribution is 2.35. The van der Waals surface area contributed by atoms with Crippen LogP contribution in [0.15, 0.2) is 0 Å². The third-order valence-corrected chi connectivity index (χ3v) is 6.22. The zero-order valence-electron chi connectivity index (χ0n) is 13.6. The molecule has 0 bridgehead atoms. The van der Waals surface area contributed by atoms with Gasteiger partial charge in [-0.25, -0.2) is 0 Å². The number of hydrogen-bond acceptors (Lipinski definition) is 2. The van der Waals surface area contributed by atoms with Gasteiger partial charge in [0.05, 0.1) is 0 Å². The van der Waals surface area contributed by atoms with Crippen LogP contribution in [0.1, 0.15) is 71.6 Å². The molecule has 2 atom stereocenters. The molecule has 2 nitrogen and oxygen atoms in total. The third-order valence-electron chi connectivity index (χ3n) is 6.22. The molecule has 1 saturated heterocycles. The predicted octanol–water partition coefficient (Wildman–Crippen LogP) is 3.81. The fourth-order valence-electron chi connectivity index (χ4n) is 4.88. The van der Waals surface area contributed by atoms with Gasteiger partial charge in [-0.2, -0.15) is 0 Å². The molecule has 2 aliphatic carbocycles. The molecule has 3 rings (SSSR count). The molecule has 3 aliphatic rings. The van der Waals surface area contributed by atoms with Gasteiger partial charge < -0.3 is 5.32 Å². The molecule has 2 unspecified atom stereocenters. The minimum absolute atomic E-state index is 0.718. The maximum absolute atomic E-state index is 3.88. The van der Waals surface area contributed by atoms with Crippen LogP contribution in [0.5, 0.6) is 0 Å². The highest BCUT2D eigenvalue weighted by molar-refractivity contribution is 4.95. The Kier molecular flexibility index (Phi) is 5.04. The van der Waals surface area contributed by atoms with Gasteiger partial charge >= 0.3 is 0 Å². The number of hydrogen-bond donors (Lipinski definition) is 1. The summed E-state index contributed by atoms with van der Waals surface area (Å²) in [5.74, 6) is 1.75. The molecule has 0 spiro atoms. The Bertz CT molecular complexity index is 290. The second-order valence-electron chi connectivity index (χ2n) is 7.86. The SMILES string of the molecule is CC(C)C1CN(C2CCCC2)C(C2CCCCC2)CN1. The Labute approximate surface area is 125 Å². The van der Waals surface area contributed by atoms with E-state index < -0.39 is 0 Å². The van der Waals surface area contributed by atoms with Crippen molar-refractivity contribution < 1.29 is 0 Å². The first-order chi connectivity index (χ1) is 9.75. The van der Waals surface area contributed by atoms with Crippen LogP contribution < -0.4 is 5.32 Å². The fourth-order valence-corrected chi connectivity index (χ4v) is 4.88. The minimum Gasteiger partial charge on any atom is -0.311 e. The average molecular weight is 278 g/mol. The van der Waals surface area contributed by atoms with Gasteiger partial charge in [0.1, 0.15) is 0 Å². The summed E-state index contributed by atoms with van der Waals surface area (Å²) in [5.41, 5.74) is 0. The van der Waals surface area contributed by atoms with E-state index in [1.807, 2.05) is 0 Å². The molecule has 0 aromatic heterocycles. The smallest absolute Gasteiger partial charge is 0.0252 e. The lowest BCUT2D eigenvalue weighted by Crippen LogP contribution is -2.62. The molecular formula is C18H34N2. The van der Waals surface area contributed by atoms with Crippen LogP contribution in [0.4, 0.5) is 0 Å². The Balaban J connectivity index is 1.69. The molecular weight excluding hydrogens is 244 g/mol. The summed E-state index contributed by atoms with van der Waals surface area (Å²) in [6.07, 6.45) is 13.3. The predicted molar refractivity (Wildman–Crippen MR) is 86.0 cm³/mol. The number of rotatable bonds is 3. The van der Waals surface area contributed by atoms with E-state index in [-0.39, 0.29) is 0 Å². The largest absolute Gasteiger partial charge is 0.311 e. The van der Waals surface area contributed by atoms with E-state index in [9.17, 15) is 0 Å². The molecule has 116 valence electrons. The first-order valence-electron chi connectivity index (χ1n) is 9.25. The van der Waals surface area contributed by atoms with Gasteiger partial charge in [0.15, 0.2) is 0 Å². The van der Waals surface area contributed by atoms with Crippen LogP contribution in [0.3, 0.4) is 0 Å². The van der Waals surface area contributed by atoms with Crippen molar-refractivity contribution in [3.8, 4) is 0 Å². The monoisotopic (exact) mass is 278 g/mol. The van der Waals surface area contributed by atoms with Gasteiger partial charge in [-0.15, -0.1) is 0 Å². The van der Waals surface area contributed by atoms with E-state index in [0.717, 1.165) is 30.0 Å². The van der Waals surface area contributed by atoms with Gasteiger partial charge in [-0.1, -0.05) is 46.0 Å². The van der Waals surface area contributed by atoms with Gasteiger partial charge in [0.25, 0.3) is 0 Å². The maximum Gasteiger partial charge on any atom is 0.0252 e. The van der Waals surface area contributed by atoms with Gasteiger partial charge in [0.2, 0.25) is 0 Å². The van der Waals surface area contributed by atoms with Crippen molar-refractivity contribution in [1.82, 2.24) is 10.2 Å². The van der Waals surface area contributed by atoms with Crippen LogP contribution in [-0.2, 0) is 0 Å². The van der Waals surface area contributed by atoms with E-state index in [1.165, 1.54) is 70.9 Å². The summed E-state index contributed by atoms with van der Waals surface area (Å²) >= 11 is 0. The Morgan fingerprint density at radius 3 is 2.20 bits per heavy atom. The summed E-state index contributed by atoms with van der Waals surface area (Å²) in [5, 5.41) is 3.88. The normalized spacial score (nSPS) is 35.0. The number of piperazine rings is 1. The van der Waals surface area contributed by atoms with Crippen LogP contribution in [0.2, 0.25) is 0 Å². The summed E-state index contributed by atoms with van der Waals surface area (Å²) in [6.45, 7) is 7.32. The van der Waals surface area contributed by atoms with Crippen molar-refractivity contribution in [2.45, 2.75) is 89.8 Å². The summed E-state index contributed by atoms with van der Waals surface area (Å²) in [6, 6.07) is 2.47. The van der Waals surface area contributed by atoms with E-state index in [1.54, 1.807) is 0 Å². The Hall–Kier alpha value is -0.0800. The molecule has 1 heterocycles. The number of nitrogens with zero attached hydrogens (tertiary/aromatic N) is 1. The average Bonchev–Trinajstić information content (AvgIpc) is 3.01. The van der Waals surface area contributed by atoms with Crippen molar-refractivity contribution in [1.29, 1.82) is 0 Å². The van der Waals surface area contributed by atoms with E-state index >= 15 is 0 Å².